The van der Waals surface area contributed by atoms with Crippen LogP contribution in [0, 0.1) is 0 Å². The molecule has 6 heteroatoms. The van der Waals surface area contributed by atoms with Gasteiger partial charge in [-0.1, -0.05) is 6.92 Å². The Bertz CT molecular complexity index is 614. The SMILES string of the molecule is CCC1Nc2cc3c(cc2N(CC(=O)NN)C1=O)CCCC3. The van der Waals surface area contributed by atoms with E-state index in [1.54, 1.807) is 4.90 Å². The second-order valence-electron chi connectivity index (χ2n) is 5.94. The molecule has 0 radical (unpaired) electrons. The number of hydrogen-bond donors (Lipinski definition) is 3. The van der Waals surface area contributed by atoms with Gasteiger partial charge in [0.25, 0.3) is 5.91 Å². The van der Waals surface area contributed by atoms with Crippen LogP contribution >= 0.6 is 0 Å². The van der Waals surface area contributed by atoms with Gasteiger partial charge in [-0.05, 0) is 55.4 Å². The molecule has 0 bridgehead atoms. The summed E-state index contributed by atoms with van der Waals surface area (Å²) >= 11 is 0. The normalized spacial score (nSPS) is 20.0. The average molecular weight is 302 g/mol. The molecule has 1 unspecified atom stereocenters. The minimum absolute atomic E-state index is 0.0424. The highest BCUT2D eigenvalue weighted by atomic mass is 16.2. The van der Waals surface area contributed by atoms with E-state index in [0.29, 0.717) is 6.42 Å². The van der Waals surface area contributed by atoms with Crippen LogP contribution in [0.4, 0.5) is 11.4 Å². The fourth-order valence-corrected chi connectivity index (χ4v) is 3.30. The lowest BCUT2D eigenvalue weighted by molar-refractivity contribution is -0.124. The van der Waals surface area contributed by atoms with Crippen LogP contribution in [0.5, 0.6) is 0 Å². The lowest BCUT2D eigenvalue weighted by Gasteiger charge is -2.36. The number of fused-ring (bicyclic) bond motifs is 2. The Kier molecular flexibility index (Phi) is 4.02. The van der Waals surface area contributed by atoms with Crippen LogP contribution < -0.4 is 21.5 Å². The molecule has 6 nitrogen and oxygen atoms in total. The number of amides is 2. The highest BCUT2D eigenvalue weighted by Gasteiger charge is 2.33. The zero-order valence-electron chi connectivity index (χ0n) is 12.8. The van der Waals surface area contributed by atoms with Crippen LogP contribution in [0.3, 0.4) is 0 Å². The number of nitrogens with one attached hydrogen (secondary N) is 2. The molecule has 2 amide bonds. The van der Waals surface area contributed by atoms with Gasteiger partial charge in [0.2, 0.25) is 5.91 Å². The van der Waals surface area contributed by atoms with Gasteiger partial charge in [0.1, 0.15) is 12.6 Å². The molecule has 1 aromatic carbocycles. The van der Waals surface area contributed by atoms with Crippen molar-refractivity contribution < 1.29 is 9.59 Å². The average Bonchev–Trinajstić information content (AvgIpc) is 2.55. The Labute approximate surface area is 130 Å². The fourth-order valence-electron chi connectivity index (χ4n) is 3.30. The number of benzene rings is 1. The summed E-state index contributed by atoms with van der Waals surface area (Å²) in [7, 11) is 0. The molecule has 1 heterocycles. The lowest BCUT2D eigenvalue weighted by Crippen LogP contribution is -2.51. The van der Waals surface area contributed by atoms with Gasteiger partial charge < -0.3 is 5.32 Å². The Morgan fingerprint density at radius 2 is 2.05 bits per heavy atom. The molecule has 2 aliphatic rings. The molecular formula is C16H22N4O2. The predicted molar refractivity (Wildman–Crippen MR) is 85.5 cm³/mol. The number of nitrogens with zero attached hydrogens (tertiary/aromatic N) is 1. The van der Waals surface area contributed by atoms with Gasteiger partial charge in [-0.25, -0.2) is 5.84 Å². The third-order valence-electron chi connectivity index (χ3n) is 4.52. The molecule has 118 valence electrons. The zero-order valence-corrected chi connectivity index (χ0v) is 12.8. The van der Waals surface area contributed by atoms with Gasteiger partial charge in [0, 0.05) is 0 Å². The summed E-state index contributed by atoms with van der Waals surface area (Å²) < 4.78 is 0. The van der Waals surface area contributed by atoms with Gasteiger partial charge in [-0.2, -0.15) is 0 Å². The largest absolute Gasteiger partial charge is 0.372 e. The van der Waals surface area contributed by atoms with Gasteiger partial charge in [0.15, 0.2) is 0 Å². The summed E-state index contributed by atoms with van der Waals surface area (Å²) in [6, 6.07) is 3.91. The number of carbonyl (C=O) groups is 2. The van der Waals surface area contributed by atoms with Crippen LogP contribution in [0.15, 0.2) is 12.1 Å². The number of hydrazine groups is 1. The molecule has 1 aliphatic carbocycles. The van der Waals surface area contributed by atoms with Crippen LogP contribution in [0.2, 0.25) is 0 Å². The fraction of sp³-hybridized carbons (Fsp3) is 0.500. The topological polar surface area (TPSA) is 87.5 Å². The van der Waals surface area contributed by atoms with Gasteiger partial charge in [-0.3, -0.25) is 19.9 Å². The quantitative estimate of drug-likeness (QED) is 0.443. The molecule has 0 fully saturated rings. The molecule has 0 aromatic heterocycles. The predicted octanol–water partition coefficient (Wildman–Crippen LogP) is 1.09. The molecule has 4 N–H and O–H groups in total. The number of hydrogen-bond acceptors (Lipinski definition) is 4. The number of rotatable bonds is 3. The highest BCUT2D eigenvalue weighted by Crippen LogP contribution is 2.37. The molecule has 0 saturated heterocycles. The van der Waals surface area contributed by atoms with Crippen molar-refractivity contribution in [3.8, 4) is 0 Å². The number of carbonyl (C=O) groups excluding carboxylic acids is 2. The Hall–Kier alpha value is -2.08. The lowest BCUT2D eigenvalue weighted by atomic mass is 9.89. The van der Waals surface area contributed by atoms with Crippen molar-refractivity contribution in [2.45, 2.75) is 45.1 Å². The first-order chi connectivity index (χ1) is 10.6. The Morgan fingerprint density at radius 1 is 1.36 bits per heavy atom. The smallest absolute Gasteiger partial charge is 0.253 e. The summed E-state index contributed by atoms with van der Waals surface area (Å²) in [5.41, 5.74) is 6.47. The van der Waals surface area contributed by atoms with E-state index < -0.39 is 0 Å². The van der Waals surface area contributed by atoms with E-state index in [9.17, 15) is 9.59 Å². The molecule has 1 atom stereocenters. The highest BCUT2D eigenvalue weighted by molar-refractivity contribution is 6.08. The zero-order chi connectivity index (χ0) is 15.7. The minimum Gasteiger partial charge on any atom is -0.372 e. The Morgan fingerprint density at radius 3 is 2.68 bits per heavy atom. The number of anilines is 2. The first kappa shape index (κ1) is 14.8. The van der Waals surface area contributed by atoms with Crippen LogP contribution in [0.25, 0.3) is 0 Å². The van der Waals surface area contributed by atoms with E-state index in [1.807, 2.05) is 6.92 Å². The van der Waals surface area contributed by atoms with E-state index >= 15 is 0 Å². The molecule has 3 rings (SSSR count). The maximum Gasteiger partial charge on any atom is 0.253 e. The third kappa shape index (κ3) is 2.54. The van der Waals surface area contributed by atoms with Crippen LogP contribution in [-0.2, 0) is 22.4 Å². The minimum atomic E-state index is -0.367. The van der Waals surface area contributed by atoms with Crippen LogP contribution in [-0.4, -0.2) is 24.4 Å². The van der Waals surface area contributed by atoms with Crippen molar-refractivity contribution in [3.05, 3.63) is 23.3 Å². The van der Waals surface area contributed by atoms with E-state index in [1.165, 1.54) is 24.0 Å². The number of nitrogens with two attached hydrogens (primary N) is 1. The van der Waals surface area contributed by atoms with Crippen molar-refractivity contribution >= 4 is 23.2 Å². The molecule has 0 spiro atoms. The Balaban J connectivity index is 2.02. The molecule has 1 aromatic rings. The number of aryl methyl sites for hydroxylation is 2. The molecular weight excluding hydrogens is 280 g/mol. The van der Waals surface area contributed by atoms with Crippen LogP contribution in [0.1, 0.15) is 37.3 Å². The van der Waals surface area contributed by atoms with Crippen molar-refractivity contribution in [3.63, 3.8) is 0 Å². The first-order valence-electron chi connectivity index (χ1n) is 7.87. The van der Waals surface area contributed by atoms with Gasteiger partial charge in [-0.15, -0.1) is 0 Å². The second-order valence-corrected chi connectivity index (χ2v) is 5.94. The summed E-state index contributed by atoms with van der Waals surface area (Å²) in [5, 5.41) is 3.31. The van der Waals surface area contributed by atoms with Crippen molar-refractivity contribution in [1.29, 1.82) is 0 Å². The summed E-state index contributed by atoms with van der Waals surface area (Å²) in [5.74, 6) is 4.74. The van der Waals surface area contributed by atoms with E-state index in [0.717, 1.165) is 24.2 Å². The molecule has 0 saturated carbocycles. The third-order valence-corrected chi connectivity index (χ3v) is 4.52. The first-order valence-corrected chi connectivity index (χ1v) is 7.87. The van der Waals surface area contributed by atoms with Crippen molar-refractivity contribution in [2.75, 3.05) is 16.8 Å². The van der Waals surface area contributed by atoms with Gasteiger partial charge >= 0.3 is 0 Å². The second kappa shape index (κ2) is 5.96. The van der Waals surface area contributed by atoms with Crippen molar-refractivity contribution in [2.24, 2.45) is 5.84 Å². The molecule has 1 aliphatic heterocycles. The molecule has 22 heavy (non-hydrogen) atoms. The van der Waals surface area contributed by atoms with E-state index in [-0.39, 0.29) is 24.4 Å². The summed E-state index contributed by atoms with van der Waals surface area (Å²) in [4.78, 5) is 25.8. The maximum absolute atomic E-state index is 12.6. The maximum atomic E-state index is 12.6. The standard InChI is InChI=1S/C16H22N4O2/c1-2-12-16(22)20(9-15(21)19-17)14-8-11-6-4-3-5-10(11)7-13(14)18-12/h7-8,12,18H,2-6,9,17H2,1H3,(H,19,21). The monoisotopic (exact) mass is 302 g/mol. The summed E-state index contributed by atoms with van der Waals surface area (Å²) in [6.07, 6.45) is 5.18. The van der Waals surface area contributed by atoms with Crippen molar-refractivity contribution in [1.82, 2.24) is 5.43 Å². The van der Waals surface area contributed by atoms with Gasteiger partial charge in [0.05, 0.1) is 11.4 Å². The van der Waals surface area contributed by atoms with E-state index in [4.69, 9.17) is 5.84 Å². The van der Waals surface area contributed by atoms with E-state index in [2.05, 4.69) is 22.9 Å². The summed E-state index contributed by atoms with van der Waals surface area (Å²) in [6.45, 7) is 1.92.